The van der Waals surface area contributed by atoms with Gasteiger partial charge < -0.3 is 68.9 Å². The maximum Gasteiger partial charge on any atom is 0.294 e. The van der Waals surface area contributed by atoms with E-state index in [1.807, 2.05) is 27.7 Å². The minimum absolute atomic E-state index is 0.00220. The summed E-state index contributed by atoms with van der Waals surface area (Å²) in [6.07, 6.45) is 34.4. The fraction of sp³-hybridized carbons (Fsp3) is 0.286. The van der Waals surface area contributed by atoms with E-state index in [1.54, 1.807) is 48.5 Å². The number of rotatable bonds is 28. The molecular formula is C84H98N8O20S4. The van der Waals surface area contributed by atoms with E-state index in [0.29, 0.717) is 105 Å². The SMILES string of the molecule is Cc1ccc(S(=O)(=O)O)cc1.Cc1ccc(S(=O)(=O)O)cc1.Cc1ccc(S(=O)(=O)O)cc1.Cc1ccc(S(=O)(=O)O)cc1.OCCOCCN1C=CC(c2c3nc(c(C4=CCN(CCOCCO)C=C4)c4ccc([nH]4)c(C4=CCN(CCOCCO)C=C4)c4nc(c(C5=CCN(CCOCCO)C=C5)c5ccc2[nH]5)C=C4)C=C3)=CC1. The smallest absolute Gasteiger partial charge is 0.294 e. The van der Waals surface area contributed by atoms with Crippen molar-refractivity contribution in [2.45, 2.75) is 47.3 Å². The van der Waals surface area contributed by atoms with Gasteiger partial charge in [-0.2, -0.15) is 33.7 Å². The molecule has 13 rings (SSSR count). The summed E-state index contributed by atoms with van der Waals surface area (Å²) >= 11 is 0. The maximum atomic E-state index is 10.5. The number of H-pyrrole nitrogens is 2. The highest BCUT2D eigenvalue weighted by Crippen LogP contribution is 2.38. The summed E-state index contributed by atoms with van der Waals surface area (Å²) in [5, 5.41) is 36.9. The largest absolute Gasteiger partial charge is 0.394 e. The molecule has 618 valence electrons. The summed E-state index contributed by atoms with van der Waals surface area (Å²) in [7, 11) is -16.1. The summed E-state index contributed by atoms with van der Waals surface area (Å²) in [4.78, 5) is 27.3. The van der Waals surface area contributed by atoms with Crippen molar-refractivity contribution >= 4 is 109 Å². The molecule has 6 aliphatic rings. The van der Waals surface area contributed by atoms with E-state index >= 15 is 0 Å². The maximum absolute atomic E-state index is 10.5. The van der Waals surface area contributed by atoms with Crippen molar-refractivity contribution in [3.05, 3.63) is 262 Å². The van der Waals surface area contributed by atoms with Gasteiger partial charge in [0.15, 0.2) is 0 Å². The zero-order chi connectivity index (χ0) is 83.4. The van der Waals surface area contributed by atoms with Crippen LogP contribution in [0.5, 0.6) is 0 Å². The van der Waals surface area contributed by atoms with E-state index in [1.165, 1.54) is 48.5 Å². The van der Waals surface area contributed by atoms with Crippen molar-refractivity contribution in [3.8, 4) is 0 Å². The number of aliphatic hydroxyl groups is 4. The number of benzene rings is 4. The molecule has 0 fully saturated rings. The Morgan fingerprint density at radius 2 is 0.500 bits per heavy atom. The lowest BCUT2D eigenvalue weighted by Gasteiger charge is -2.23. The molecule has 4 aromatic carbocycles. The lowest BCUT2D eigenvalue weighted by molar-refractivity contribution is 0.0828. The first kappa shape index (κ1) is 89.8. The second kappa shape index (κ2) is 43.2. The van der Waals surface area contributed by atoms with Crippen LogP contribution < -0.4 is 0 Å². The fourth-order valence-electron chi connectivity index (χ4n) is 12.2. The summed E-state index contributed by atoms with van der Waals surface area (Å²) < 4.78 is 141. The van der Waals surface area contributed by atoms with E-state index in [0.717, 1.165) is 112 Å². The molecule has 3 aromatic heterocycles. The number of nitrogens with one attached hydrogen (secondary N) is 2. The predicted octanol–water partition coefficient (Wildman–Crippen LogP) is 10.5. The van der Waals surface area contributed by atoms with Gasteiger partial charge in [-0.15, -0.1) is 0 Å². The van der Waals surface area contributed by atoms with Gasteiger partial charge in [0.1, 0.15) is 0 Å². The predicted molar refractivity (Wildman–Crippen MR) is 449 cm³/mol. The molecule has 9 heterocycles. The number of aromatic amines is 2. The first-order valence-electron chi connectivity index (χ1n) is 37.1. The van der Waals surface area contributed by atoms with E-state index < -0.39 is 40.5 Å². The first-order chi connectivity index (χ1) is 55.5. The summed E-state index contributed by atoms with van der Waals surface area (Å²) in [5.74, 6) is 0. The second-order valence-electron chi connectivity index (χ2n) is 26.9. The number of ether oxygens (including phenoxy) is 4. The van der Waals surface area contributed by atoms with E-state index in [-0.39, 0.29) is 46.0 Å². The van der Waals surface area contributed by atoms with Crippen molar-refractivity contribution < 1.29 is 91.3 Å². The van der Waals surface area contributed by atoms with Gasteiger partial charge in [0.05, 0.1) is 122 Å². The number of aryl methyl sites for hydroxylation is 4. The van der Waals surface area contributed by atoms with E-state index in [9.17, 15) is 54.1 Å². The molecular weight excluding hydrogens is 1570 g/mol. The van der Waals surface area contributed by atoms with Crippen LogP contribution in [0.25, 0.3) is 68.7 Å². The van der Waals surface area contributed by atoms with Crippen LogP contribution in [0.2, 0.25) is 0 Å². The second-order valence-corrected chi connectivity index (χ2v) is 32.6. The van der Waals surface area contributed by atoms with Crippen LogP contribution in [0.15, 0.2) is 214 Å². The average molecular weight is 1670 g/mol. The molecule has 0 spiro atoms. The Labute approximate surface area is 676 Å². The number of aromatic nitrogens is 4. The molecule has 32 heteroatoms. The van der Waals surface area contributed by atoms with Gasteiger partial charge >= 0.3 is 0 Å². The number of allylic oxidation sites excluding steroid dienone is 8. The number of hydrogen-bond acceptors (Lipinski definition) is 22. The zero-order valence-electron chi connectivity index (χ0n) is 64.7. The molecule has 116 heavy (non-hydrogen) atoms. The van der Waals surface area contributed by atoms with Crippen LogP contribution in [-0.4, -0.2) is 243 Å². The van der Waals surface area contributed by atoms with Crippen LogP contribution in [-0.2, 0) is 59.4 Å². The topological polar surface area (TPSA) is 406 Å². The Kier molecular flexibility index (Phi) is 33.5. The molecule has 0 atom stereocenters. The Balaban J connectivity index is 0.000000277. The Morgan fingerprint density at radius 1 is 0.302 bits per heavy atom. The van der Waals surface area contributed by atoms with Crippen LogP contribution >= 0.6 is 0 Å². The van der Waals surface area contributed by atoms with Crippen LogP contribution in [0, 0.1) is 27.7 Å². The third-order valence-corrected chi connectivity index (χ3v) is 21.7. The standard InChI is InChI=1S/C56H66N8O8.4C7H8O3S/c65-29-37-69-33-25-61-17-9-41(10-18-61)53-45-1-2-46(57-45)54(42-11-19-62(20-12-42)26-34-70-38-30-66)48-5-6-50(59-48)56(44-15-23-64(24-16-44)28-36-72-40-32-68)52-8-7-51(60-52)55(49-4-3-47(53)58-49)43-13-21-63(22-14-43)27-35-71-39-31-67;4*1-6-2-4-7(5-3-6)11(8,9)10/h1-17,19,21,23,57,60,65-68H,18,20,22,24-40H2;4*2-5H,1H3,(H,8,9,10). The molecule has 10 N–H and O–H groups in total. The molecule has 0 amide bonds. The number of aliphatic hydroxyl groups excluding tert-OH is 4. The Bertz CT molecular complexity index is 4830. The molecule has 8 bridgehead atoms. The molecule has 0 saturated carbocycles. The number of nitrogens with zero attached hydrogens (tertiary/aromatic N) is 6. The summed E-state index contributed by atoms with van der Waals surface area (Å²) in [5.41, 5.74) is 18.8. The Hall–Kier alpha value is -10.1. The van der Waals surface area contributed by atoms with E-state index in [4.69, 9.17) is 47.1 Å². The van der Waals surface area contributed by atoms with Crippen LogP contribution in [0.3, 0.4) is 0 Å². The zero-order valence-corrected chi connectivity index (χ0v) is 68.0. The first-order valence-corrected chi connectivity index (χ1v) is 42.9. The van der Waals surface area contributed by atoms with Crippen molar-refractivity contribution in [1.82, 2.24) is 39.5 Å². The van der Waals surface area contributed by atoms with Gasteiger partial charge in [-0.1, -0.05) is 95.1 Å². The van der Waals surface area contributed by atoms with Gasteiger partial charge in [-0.05, 0) is 171 Å². The minimum atomic E-state index is -4.02. The van der Waals surface area contributed by atoms with Gasteiger partial charge in [0.25, 0.3) is 40.5 Å². The summed E-state index contributed by atoms with van der Waals surface area (Å²) in [6.45, 7) is 16.2. The highest BCUT2D eigenvalue weighted by molar-refractivity contribution is 7.86. The molecule has 0 saturated heterocycles. The quantitative estimate of drug-likeness (QED) is 0.0161. The lowest BCUT2D eigenvalue weighted by atomic mass is 10.0. The lowest BCUT2D eigenvalue weighted by Crippen LogP contribution is -2.24. The third kappa shape index (κ3) is 27.0. The number of fused-ring (bicyclic) bond motifs is 8. The third-order valence-electron chi connectivity index (χ3n) is 18.3. The van der Waals surface area contributed by atoms with Crippen molar-refractivity contribution in [2.24, 2.45) is 0 Å². The molecule has 7 aromatic rings. The van der Waals surface area contributed by atoms with Crippen LogP contribution in [0.4, 0.5) is 0 Å². The molecule has 28 nitrogen and oxygen atoms in total. The molecule has 0 aliphatic carbocycles. The number of hydrogen-bond donors (Lipinski definition) is 10. The molecule has 0 radical (unpaired) electrons. The average Bonchev–Trinajstić information content (AvgIpc) is 1.61. The van der Waals surface area contributed by atoms with Crippen molar-refractivity contribution in [3.63, 3.8) is 0 Å². The fourth-order valence-corrected chi connectivity index (χ4v) is 14.1. The molecule has 6 aliphatic heterocycles. The monoisotopic (exact) mass is 1670 g/mol. The van der Waals surface area contributed by atoms with Crippen LogP contribution in [0.1, 0.15) is 67.3 Å². The minimum Gasteiger partial charge on any atom is -0.394 e. The highest BCUT2D eigenvalue weighted by atomic mass is 32.2. The van der Waals surface area contributed by atoms with Gasteiger partial charge in [-0.25, -0.2) is 9.97 Å². The van der Waals surface area contributed by atoms with E-state index in [2.05, 4.69) is 152 Å². The van der Waals surface area contributed by atoms with Gasteiger partial charge in [0, 0.05) is 121 Å². The van der Waals surface area contributed by atoms with Gasteiger partial charge in [-0.3, -0.25) is 18.2 Å². The van der Waals surface area contributed by atoms with Gasteiger partial charge in [0.2, 0.25) is 0 Å². The van der Waals surface area contributed by atoms with Crippen molar-refractivity contribution in [2.75, 3.05) is 132 Å². The summed E-state index contributed by atoms with van der Waals surface area (Å²) in [6, 6.07) is 32.5. The molecule has 0 unspecified atom stereocenters. The van der Waals surface area contributed by atoms with Crippen molar-refractivity contribution in [1.29, 1.82) is 0 Å². The normalized spacial score (nSPS) is 14.4. The highest BCUT2D eigenvalue weighted by Gasteiger charge is 2.24. The Morgan fingerprint density at radius 3 is 0.664 bits per heavy atom.